The molecular weight excluding hydrogens is 274 g/mol. The molecule has 1 aromatic rings. The topological polar surface area (TPSA) is 46.6 Å². The molecule has 102 valence electrons. The van der Waals surface area contributed by atoms with E-state index in [1.165, 1.54) is 7.11 Å². The molecule has 1 aromatic carbocycles. The highest BCUT2D eigenvalue weighted by Gasteiger charge is 2.17. The van der Waals surface area contributed by atoms with Crippen molar-refractivity contribution in [3.05, 3.63) is 23.8 Å². The molecule has 4 nitrogen and oxygen atoms in total. The van der Waals surface area contributed by atoms with E-state index in [0.717, 1.165) is 18.7 Å². The van der Waals surface area contributed by atoms with Crippen molar-refractivity contribution in [2.75, 3.05) is 20.2 Å². The van der Waals surface area contributed by atoms with Crippen LogP contribution in [-0.2, 0) is 15.6 Å². The Morgan fingerprint density at radius 1 is 1.28 bits per heavy atom. The molecular formula is C12H18ClNO3S. The largest absolute Gasteiger partial charge is 0.495 e. The highest BCUT2D eigenvalue weighted by atomic mass is 35.7. The minimum atomic E-state index is -3.79. The molecule has 0 spiro atoms. The van der Waals surface area contributed by atoms with E-state index in [0.29, 0.717) is 6.54 Å². The molecule has 0 saturated heterocycles. The summed E-state index contributed by atoms with van der Waals surface area (Å²) in [7, 11) is 3.03. The van der Waals surface area contributed by atoms with Crippen molar-refractivity contribution in [2.24, 2.45) is 0 Å². The lowest BCUT2D eigenvalue weighted by Gasteiger charge is -2.18. The maximum atomic E-state index is 11.5. The number of rotatable bonds is 6. The molecule has 0 aliphatic carbocycles. The molecule has 18 heavy (non-hydrogen) atoms. The number of nitrogens with zero attached hydrogens (tertiary/aromatic N) is 1. The Morgan fingerprint density at radius 2 is 1.89 bits per heavy atom. The molecule has 0 saturated carbocycles. The van der Waals surface area contributed by atoms with E-state index in [-0.39, 0.29) is 10.6 Å². The Labute approximate surface area is 113 Å². The number of ether oxygens (including phenoxy) is 1. The summed E-state index contributed by atoms with van der Waals surface area (Å²) in [5, 5.41) is 0. The second kappa shape index (κ2) is 6.41. The fourth-order valence-electron chi connectivity index (χ4n) is 1.72. The van der Waals surface area contributed by atoms with E-state index >= 15 is 0 Å². The van der Waals surface area contributed by atoms with E-state index in [2.05, 4.69) is 18.7 Å². The first-order chi connectivity index (χ1) is 8.42. The lowest BCUT2D eigenvalue weighted by molar-refractivity contribution is 0.295. The minimum absolute atomic E-state index is 0.0244. The zero-order valence-electron chi connectivity index (χ0n) is 10.8. The van der Waals surface area contributed by atoms with Crippen molar-refractivity contribution in [3.8, 4) is 5.75 Å². The first-order valence-corrected chi connectivity index (χ1v) is 8.07. The van der Waals surface area contributed by atoms with Crippen LogP contribution in [0.4, 0.5) is 0 Å². The summed E-state index contributed by atoms with van der Waals surface area (Å²) in [5.41, 5.74) is 0.902. The van der Waals surface area contributed by atoms with Gasteiger partial charge in [-0.1, -0.05) is 19.9 Å². The van der Waals surface area contributed by atoms with Crippen LogP contribution >= 0.6 is 10.7 Å². The number of benzene rings is 1. The van der Waals surface area contributed by atoms with Gasteiger partial charge in [0.15, 0.2) is 0 Å². The summed E-state index contributed by atoms with van der Waals surface area (Å²) in [6.07, 6.45) is 0. The number of methoxy groups -OCH3 is 1. The first kappa shape index (κ1) is 15.3. The van der Waals surface area contributed by atoms with Crippen LogP contribution in [-0.4, -0.2) is 33.5 Å². The van der Waals surface area contributed by atoms with Crippen molar-refractivity contribution in [3.63, 3.8) is 0 Å². The lowest BCUT2D eigenvalue weighted by atomic mass is 10.2. The number of hydrogen-bond acceptors (Lipinski definition) is 4. The first-order valence-electron chi connectivity index (χ1n) is 5.76. The predicted molar refractivity (Wildman–Crippen MR) is 72.7 cm³/mol. The van der Waals surface area contributed by atoms with Crippen molar-refractivity contribution >= 4 is 19.7 Å². The Hall–Kier alpha value is -0.780. The van der Waals surface area contributed by atoms with Crippen LogP contribution in [0.5, 0.6) is 5.75 Å². The van der Waals surface area contributed by atoms with Gasteiger partial charge >= 0.3 is 0 Å². The van der Waals surface area contributed by atoms with Crippen molar-refractivity contribution in [1.29, 1.82) is 0 Å². The summed E-state index contributed by atoms with van der Waals surface area (Å²) >= 11 is 0. The van der Waals surface area contributed by atoms with E-state index in [1.54, 1.807) is 12.1 Å². The molecule has 6 heteroatoms. The van der Waals surface area contributed by atoms with Gasteiger partial charge in [-0.15, -0.1) is 0 Å². The van der Waals surface area contributed by atoms with Gasteiger partial charge in [-0.2, -0.15) is 0 Å². The lowest BCUT2D eigenvalue weighted by Crippen LogP contribution is -2.22. The highest BCUT2D eigenvalue weighted by Crippen LogP contribution is 2.28. The third-order valence-corrected chi connectivity index (χ3v) is 4.13. The molecule has 0 aliphatic rings. The summed E-state index contributed by atoms with van der Waals surface area (Å²) in [6, 6.07) is 5.05. The van der Waals surface area contributed by atoms with Gasteiger partial charge in [-0.3, -0.25) is 4.90 Å². The van der Waals surface area contributed by atoms with Gasteiger partial charge < -0.3 is 4.74 Å². The van der Waals surface area contributed by atoms with Gasteiger partial charge in [0.05, 0.1) is 7.11 Å². The standard InChI is InChI=1S/C12H18ClNO3S/c1-4-14(5-2)9-10-6-7-11(17-3)12(8-10)18(13,15)16/h6-8H,4-5,9H2,1-3H3. The maximum absolute atomic E-state index is 11.5. The monoisotopic (exact) mass is 291 g/mol. The van der Waals surface area contributed by atoms with E-state index < -0.39 is 9.05 Å². The average Bonchev–Trinajstić information content (AvgIpc) is 2.34. The SMILES string of the molecule is CCN(CC)Cc1ccc(OC)c(S(=O)(=O)Cl)c1. The number of halogens is 1. The average molecular weight is 292 g/mol. The third-order valence-electron chi connectivity index (χ3n) is 2.79. The molecule has 0 atom stereocenters. The predicted octanol–water partition coefficient (Wildman–Crippen LogP) is 2.46. The molecule has 0 radical (unpaired) electrons. The Morgan fingerprint density at radius 3 is 2.33 bits per heavy atom. The summed E-state index contributed by atoms with van der Waals surface area (Å²) in [4.78, 5) is 2.21. The normalized spacial score (nSPS) is 11.8. The van der Waals surface area contributed by atoms with Crippen molar-refractivity contribution in [1.82, 2.24) is 4.90 Å². The number of hydrogen-bond donors (Lipinski definition) is 0. The van der Waals surface area contributed by atoms with E-state index in [4.69, 9.17) is 15.4 Å². The zero-order valence-corrected chi connectivity index (χ0v) is 12.4. The zero-order chi connectivity index (χ0) is 13.8. The van der Waals surface area contributed by atoms with Crippen LogP contribution in [0.15, 0.2) is 23.1 Å². The van der Waals surface area contributed by atoms with Crippen LogP contribution in [0.1, 0.15) is 19.4 Å². The smallest absolute Gasteiger partial charge is 0.264 e. The van der Waals surface area contributed by atoms with Crippen molar-refractivity contribution < 1.29 is 13.2 Å². The van der Waals surface area contributed by atoms with Crippen LogP contribution in [0.3, 0.4) is 0 Å². The summed E-state index contributed by atoms with van der Waals surface area (Å²) in [5.74, 6) is 0.272. The van der Waals surface area contributed by atoms with Gasteiger partial charge in [-0.25, -0.2) is 8.42 Å². The summed E-state index contributed by atoms with van der Waals surface area (Å²) in [6.45, 7) is 6.63. The molecule has 0 heterocycles. The van der Waals surface area contributed by atoms with Gasteiger partial charge in [0, 0.05) is 17.2 Å². The minimum Gasteiger partial charge on any atom is -0.495 e. The van der Waals surface area contributed by atoms with Crippen LogP contribution in [0.2, 0.25) is 0 Å². The van der Waals surface area contributed by atoms with Crippen LogP contribution < -0.4 is 4.74 Å². The molecule has 0 fully saturated rings. The van der Waals surface area contributed by atoms with E-state index in [9.17, 15) is 8.42 Å². The molecule has 0 aliphatic heterocycles. The second-order valence-electron chi connectivity index (χ2n) is 3.88. The molecule has 0 unspecified atom stereocenters. The molecule has 1 rings (SSSR count). The molecule has 0 bridgehead atoms. The maximum Gasteiger partial charge on any atom is 0.264 e. The Bertz CT molecular complexity index is 498. The molecule has 0 N–H and O–H groups in total. The molecule has 0 aromatic heterocycles. The Balaban J connectivity index is 3.11. The van der Waals surface area contributed by atoms with Crippen molar-refractivity contribution in [2.45, 2.75) is 25.3 Å². The van der Waals surface area contributed by atoms with Crippen LogP contribution in [0, 0.1) is 0 Å². The fraction of sp³-hybridized carbons (Fsp3) is 0.500. The third kappa shape index (κ3) is 3.86. The van der Waals surface area contributed by atoms with E-state index in [1.807, 2.05) is 6.07 Å². The van der Waals surface area contributed by atoms with Gasteiger partial charge in [0.25, 0.3) is 9.05 Å². The van der Waals surface area contributed by atoms with Crippen LogP contribution in [0.25, 0.3) is 0 Å². The molecule has 0 amide bonds. The van der Waals surface area contributed by atoms with Gasteiger partial charge in [-0.05, 0) is 30.8 Å². The summed E-state index contributed by atoms with van der Waals surface area (Å²) < 4.78 is 27.9. The quantitative estimate of drug-likeness (QED) is 0.756. The van der Waals surface area contributed by atoms with Gasteiger partial charge in [0.2, 0.25) is 0 Å². The highest BCUT2D eigenvalue weighted by molar-refractivity contribution is 8.13. The Kier molecular flexibility index (Phi) is 5.44. The second-order valence-corrected chi connectivity index (χ2v) is 6.42. The fourth-order valence-corrected chi connectivity index (χ4v) is 2.76. The van der Waals surface area contributed by atoms with Gasteiger partial charge in [0.1, 0.15) is 10.6 Å².